The van der Waals surface area contributed by atoms with Gasteiger partial charge in [0.15, 0.2) is 0 Å². The third-order valence-electron chi connectivity index (χ3n) is 7.27. The van der Waals surface area contributed by atoms with Crippen LogP contribution in [0.5, 0.6) is 0 Å². The smallest absolute Gasteiger partial charge is 0.128 e. The molecule has 0 bridgehead atoms. The van der Waals surface area contributed by atoms with Crippen LogP contribution in [0.1, 0.15) is 29.8 Å². The van der Waals surface area contributed by atoms with Crippen LogP contribution in [0.2, 0.25) is 0 Å². The van der Waals surface area contributed by atoms with Crippen molar-refractivity contribution in [2.24, 2.45) is 13.0 Å². The van der Waals surface area contributed by atoms with Gasteiger partial charge >= 0.3 is 0 Å². The molecular formula is C29H28N8. The van der Waals surface area contributed by atoms with Crippen molar-refractivity contribution >= 4 is 11.3 Å². The fourth-order valence-electron chi connectivity index (χ4n) is 5.29. The first kappa shape index (κ1) is 22.9. The van der Waals surface area contributed by atoms with Crippen LogP contribution < -0.4 is 4.90 Å². The lowest BCUT2D eigenvalue weighted by atomic mass is 9.92. The largest absolute Gasteiger partial charge is 0.357 e. The van der Waals surface area contributed by atoms with Gasteiger partial charge in [-0.1, -0.05) is 6.07 Å². The standard InChI is InChI=1S/C29H28N8/c1-20-27(15-30)29-26(14-23(19-37(29)34-20)24-17-33-35(2)18-24)22-6-7-28(32-16-22)36-11-8-21(9-12-36)13-25-5-3-4-10-31-25/h3-7,10,14,16-19,21H,8-9,11-13H2,1-2H3. The average Bonchev–Trinajstić information content (AvgIpc) is 3.51. The number of aromatic nitrogens is 6. The van der Waals surface area contributed by atoms with Gasteiger partial charge in [-0.05, 0) is 62.4 Å². The molecule has 0 radical (unpaired) electrons. The van der Waals surface area contributed by atoms with E-state index < -0.39 is 0 Å². The summed E-state index contributed by atoms with van der Waals surface area (Å²) in [5.74, 6) is 1.65. The normalized spacial score (nSPS) is 14.2. The molecule has 1 fully saturated rings. The van der Waals surface area contributed by atoms with E-state index in [0.29, 0.717) is 17.2 Å². The molecule has 5 aromatic rings. The van der Waals surface area contributed by atoms with E-state index in [1.165, 1.54) is 5.69 Å². The van der Waals surface area contributed by atoms with Gasteiger partial charge in [0.2, 0.25) is 0 Å². The molecular weight excluding hydrogens is 460 g/mol. The number of hydrogen-bond acceptors (Lipinski definition) is 6. The number of nitrogens with zero attached hydrogens (tertiary/aromatic N) is 8. The Kier molecular flexibility index (Phi) is 5.89. The van der Waals surface area contributed by atoms with Crippen molar-refractivity contribution in [2.75, 3.05) is 18.0 Å². The first-order valence-corrected chi connectivity index (χ1v) is 12.6. The molecule has 8 nitrogen and oxygen atoms in total. The Hall–Kier alpha value is -4.51. The first-order chi connectivity index (χ1) is 18.1. The van der Waals surface area contributed by atoms with Crippen LogP contribution in [0.3, 0.4) is 0 Å². The number of anilines is 1. The van der Waals surface area contributed by atoms with Gasteiger partial charge in [-0.3, -0.25) is 9.67 Å². The highest BCUT2D eigenvalue weighted by atomic mass is 15.2. The van der Waals surface area contributed by atoms with Crippen molar-refractivity contribution in [1.29, 1.82) is 5.26 Å². The number of aryl methyl sites for hydroxylation is 2. The summed E-state index contributed by atoms with van der Waals surface area (Å²) in [5.41, 5.74) is 7.16. The second-order valence-corrected chi connectivity index (χ2v) is 9.77. The van der Waals surface area contributed by atoms with Gasteiger partial charge in [0.1, 0.15) is 17.5 Å². The van der Waals surface area contributed by atoms with E-state index in [1.54, 1.807) is 4.68 Å². The molecule has 1 aliphatic heterocycles. The van der Waals surface area contributed by atoms with Crippen molar-refractivity contribution < 1.29 is 0 Å². The molecule has 0 aromatic carbocycles. The van der Waals surface area contributed by atoms with Gasteiger partial charge in [0.25, 0.3) is 0 Å². The Morgan fingerprint density at radius 3 is 2.54 bits per heavy atom. The van der Waals surface area contributed by atoms with E-state index in [9.17, 15) is 5.26 Å². The second kappa shape index (κ2) is 9.51. The fourth-order valence-corrected chi connectivity index (χ4v) is 5.29. The minimum Gasteiger partial charge on any atom is -0.357 e. The van der Waals surface area contributed by atoms with Gasteiger partial charge in [0, 0.05) is 72.9 Å². The van der Waals surface area contributed by atoms with Crippen LogP contribution in [-0.2, 0) is 13.5 Å². The van der Waals surface area contributed by atoms with E-state index in [4.69, 9.17) is 4.98 Å². The van der Waals surface area contributed by atoms with Gasteiger partial charge in [-0.15, -0.1) is 0 Å². The van der Waals surface area contributed by atoms with Crippen LogP contribution >= 0.6 is 0 Å². The monoisotopic (exact) mass is 488 g/mol. The molecule has 0 spiro atoms. The van der Waals surface area contributed by atoms with Crippen LogP contribution in [0.25, 0.3) is 27.8 Å². The lowest BCUT2D eigenvalue weighted by Crippen LogP contribution is -2.34. The van der Waals surface area contributed by atoms with Gasteiger partial charge in [-0.2, -0.15) is 15.5 Å². The Morgan fingerprint density at radius 1 is 1.00 bits per heavy atom. The van der Waals surface area contributed by atoms with Crippen LogP contribution in [0.15, 0.2) is 67.4 Å². The van der Waals surface area contributed by atoms with Crippen molar-refractivity contribution in [3.05, 3.63) is 84.3 Å². The number of fused-ring (bicyclic) bond motifs is 1. The summed E-state index contributed by atoms with van der Waals surface area (Å²) in [6, 6.07) is 14.8. The van der Waals surface area contributed by atoms with E-state index in [2.05, 4.69) is 56.5 Å². The number of pyridine rings is 3. The second-order valence-electron chi connectivity index (χ2n) is 9.77. The highest BCUT2D eigenvalue weighted by molar-refractivity contribution is 5.88. The van der Waals surface area contributed by atoms with E-state index in [-0.39, 0.29) is 0 Å². The summed E-state index contributed by atoms with van der Waals surface area (Å²) < 4.78 is 3.59. The fraction of sp³-hybridized carbons (Fsp3) is 0.276. The van der Waals surface area contributed by atoms with E-state index in [0.717, 1.165) is 65.9 Å². The summed E-state index contributed by atoms with van der Waals surface area (Å²) in [4.78, 5) is 11.7. The molecule has 37 heavy (non-hydrogen) atoms. The van der Waals surface area contributed by atoms with Crippen LogP contribution in [0.4, 0.5) is 5.82 Å². The number of hydrogen-bond donors (Lipinski definition) is 0. The summed E-state index contributed by atoms with van der Waals surface area (Å²) in [5, 5.41) is 18.8. The van der Waals surface area contributed by atoms with Crippen molar-refractivity contribution in [1.82, 2.24) is 29.4 Å². The topological polar surface area (TPSA) is 87.9 Å². The average molecular weight is 489 g/mol. The molecule has 6 rings (SSSR count). The van der Waals surface area contributed by atoms with Gasteiger partial charge in [-0.25, -0.2) is 9.50 Å². The van der Waals surface area contributed by atoms with Crippen LogP contribution in [0, 0.1) is 24.2 Å². The number of piperidine rings is 1. The predicted octanol–water partition coefficient (Wildman–Crippen LogP) is 4.83. The maximum atomic E-state index is 9.85. The molecule has 0 amide bonds. The number of rotatable bonds is 5. The Labute approximate surface area is 215 Å². The lowest BCUT2D eigenvalue weighted by molar-refractivity contribution is 0.399. The zero-order valence-electron chi connectivity index (χ0n) is 21.0. The molecule has 0 N–H and O–H groups in total. The maximum Gasteiger partial charge on any atom is 0.128 e. The quantitative estimate of drug-likeness (QED) is 0.352. The van der Waals surface area contributed by atoms with E-state index >= 15 is 0 Å². The summed E-state index contributed by atoms with van der Waals surface area (Å²) in [6.45, 7) is 3.86. The van der Waals surface area contributed by atoms with Crippen molar-refractivity contribution in [3.63, 3.8) is 0 Å². The molecule has 8 heteroatoms. The summed E-state index contributed by atoms with van der Waals surface area (Å²) in [7, 11) is 1.90. The Bertz CT molecular complexity index is 1580. The molecule has 5 aromatic heterocycles. The third-order valence-corrected chi connectivity index (χ3v) is 7.27. The zero-order valence-corrected chi connectivity index (χ0v) is 21.0. The Morgan fingerprint density at radius 2 is 1.86 bits per heavy atom. The Balaban J connectivity index is 1.27. The van der Waals surface area contributed by atoms with Gasteiger partial charge < -0.3 is 4.90 Å². The molecule has 0 saturated carbocycles. The summed E-state index contributed by atoms with van der Waals surface area (Å²) in [6.07, 6.45) is 12.9. The summed E-state index contributed by atoms with van der Waals surface area (Å²) >= 11 is 0. The minimum absolute atomic E-state index is 0.590. The molecule has 0 aliphatic carbocycles. The minimum atomic E-state index is 0.590. The van der Waals surface area contributed by atoms with Crippen molar-refractivity contribution in [2.45, 2.75) is 26.2 Å². The maximum absolute atomic E-state index is 9.85. The highest BCUT2D eigenvalue weighted by Gasteiger charge is 2.22. The molecule has 1 saturated heterocycles. The number of nitriles is 1. The van der Waals surface area contributed by atoms with Gasteiger partial charge in [0.05, 0.1) is 17.4 Å². The lowest BCUT2D eigenvalue weighted by Gasteiger charge is -2.32. The molecule has 1 aliphatic rings. The SMILES string of the molecule is Cc1nn2cc(-c3cnn(C)c3)cc(-c3ccc(N4CCC(Cc5ccccn5)CC4)nc3)c2c1C#N. The zero-order chi connectivity index (χ0) is 25.4. The molecule has 6 heterocycles. The van der Waals surface area contributed by atoms with Crippen molar-refractivity contribution in [3.8, 4) is 28.3 Å². The molecule has 0 atom stereocenters. The molecule has 184 valence electrons. The predicted molar refractivity (Wildman–Crippen MR) is 143 cm³/mol. The highest BCUT2D eigenvalue weighted by Crippen LogP contribution is 2.33. The third kappa shape index (κ3) is 4.45. The van der Waals surface area contributed by atoms with Crippen LogP contribution in [-0.4, -0.2) is 42.5 Å². The van der Waals surface area contributed by atoms with E-state index in [1.807, 2.05) is 55.5 Å². The molecule has 0 unspecified atom stereocenters. The first-order valence-electron chi connectivity index (χ1n) is 12.6.